The van der Waals surface area contributed by atoms with Crippen LogP contribution in [0, 0.1) is 11.3 Å². The van der Waals surface area contributed by atoms with Crippen molar-refractivity contribution in [2.75, 3.05) is 6.26 Å². The van der Waals surface area contributed by atoms with Crippen LogP contribution >= 0.6 is 11.8 Å². The summed E-state index contributed by atoms with van der Waals surface area (Å²) in [6.07, 6.45) is 2.07. The summed E-state index contributed by atoms with van der Waals surface area (Å²) in [4.78, 5) is 0. The van der Waals surface area contributed by atoms with Crippen molar-refractivity contribution in [3.8, 4) is 6.07 Å². The fourth-order valence-electron chi connectivity index (χ4n) is 0.997. The Bertz CT molecular complexity index is 301. The first kappa shape index (κ1) is 9.15. The van der Waals surface area contributed by atoms with E-state index in [-0.39, 0.29) is 0 Å². The lowest BCUT2D eigenvalue weighted by Crippen LogP contribution is -1.87. The average Bonchev–Trinajstić information content (AvgIpc) is 2.17. The molecular weight excluding hydrogens is 166 g/mol. The van der Waals surface area contributed by atoms with Crippen LogP contribution in [0.5, 0.6) is 0 Å². The van der Waals surface area contributed by atoms with Crippen LogP contribution in [-0.2, 0) is 0 Å². The first-order chi connectivity index (χ1) is 5.77. The smallest absolute Gasteiger partial charge is 0.0991 e. The quantitative estimate of drug-likeness (QED) is 0.693. The number of thioether (sulfide) groups is 1. The predicted octanol–water partition coefficient (Wildman–Crippen LogP) is 2.98. The maximum Gasteiger partial charge on any atom is 0.0991 e. The fourth-order valence-corrected chi connectivity index (χ4v) is 1.42. The summed E-state index contributed by atoms with van der Waals surface area (Å²) in [7, 11) is 0. The molecule has 1 atom stereocenters. The highest BCUT2D eigenvalue weighted by Crippen LogP contribution is 2.25. The molecule has 12 heavy (non-hydrogen) atoms. The molecule has 0 bridgehead atoms. The molecule has 2 heteroatoms. The summed E-state index contributed by atoms with van der Waals surface area (Å²) in [6, 6.07) is 9.90. The number of rotatable bonds is 2. The van der Waals surface area contributed by atoms with E-state index in [1.54, 1.807) is 11.8 Å². The lowest BCUT2D eigenvalue weighted by atomic mass is 10.1. The number of nitrogens with zero attached hydrogens (tertiary/aromatic N) is 1. The van der Waals surface area contributed by atoms with Crippen LogP contribution in [0.4, 0.5) is 0 Å². The van der Waals surface area contributed by atoms with E-state index >= 15 is 0 Å². The molecule has 1 nitrogen and oxygen atoms in total. The van der Waals surface area contributed by atoms with Crippen molar-refractivity contribution < 1.29 is 0 Å². The predicted molar refractivity (Wildman–Crippen MR) is 53.1 cm³/mol. The molecule has 0 aliphatic rings. The maximum atomic E-state index is 8.66. The zero-order valence-corrected chi connectivity index (χ0v) is 8.06. The van der Waals surface area contributed by atoms with Gasteiger partial charge in [-0.3, -0.25) is 0 Å². The Morgan fingerprint density at radius 2 is 2.25 bits per heavy atom. The first-order valence-electron chi connectivity index (χ1n) is 3.80. The summed E-state index contributed by atoms with van der Waals surface area (Å²) in [6.45, 7) is 2.14. The lowest BCUT2D eigenvalue weighted by molar-refractivity contribution is 1.10. The molecule has 0 fully saturated rings. The largest absolute Gasteiger partial charge is 0.192 e. The number of hydrogen-bond donors (Lipinski definition) is 0. The van der Waals surface area contributed by atoms with E-state index in [4.69, 9.17) is 5.26 Å². The monoisotopic (exact) mass is 177 g/mol. The summed E-state index contributed by atoms with van der Waals surface area (Å²) in [5, 5.41) is 9.13. The van der Waals surface area contributed by atoms with Gasteiger partial charge in [-0.05, 0) is 30.9 Å². The molecule has 0 amide bonds. The van der Waals surface area contributed by atoms with Crippen molar-refractivity contribution in [3.63, 3.8) is 0 Å². The van der Waals surface area contributed by atoms with Gasteiger partial charge in [0.2, 0.25) is 0 Å². The molecule has 1 unspecified atom stereocenters. The summed E-state index contributed by atoms with van der Waals surface area (Å²) in [5.74, 6) is 0. The Morgan fingerprint density at radius 3 is 2.83 bits per heavy atom. The van der Waals surface area contributed by atoms with Crippen molar-refractivity contribution >= 4 is 11.8 Å². The van der Waals surface area contributed by atoms with Gasteiger partial charge in [0, 0.05) is 5.25 Å². The zero-order chi connectivity index (χ0) is 8.97. The molecule has 0 spiro atoms. The van der Waals surface area contributed by atoms with Gasteiger partial charge in [-0.2, -0.15) is 17.0 Å². The molecule has 0 radical (unpaired) electrons. The van der Waals surface area contributed by atoms with E-state index in [1.807, 2.05) is 18.2 Å². The van der Waals surface area contributed by atoms with E-state index in [1.165, 1.54) is 5.56 Å². The third kappa shape index (κ3) is 2.02. The average molecular weight is 177 g/mol. The SMILES string of the molecule is CSC(C)c1cccc(C#N)c1. The first-order valence-corrected chi connectivity index (χ1v) is 5.09. The van der Waals surface area contributed by atoms with E-state index in [0.717, 1.165) is 5.56 Å². The van der Waals surface area contributed by atoms with Gasteiger partial charge in [0.25, 0.3) is 0 Å². The van der Waals surface area contributed by atoms with Crippen molar-refractivity contribution in [1.29, 1.82) is 5.26 Å². The molecule has 0 aromatic heterocycles. The summed E-state index contributed by atoms with van der Waals surface area (Å²) >= 11 is 1.79. The number of hydrogen-bond acceptors (Lipinski definition) is 2. The van der Waals surface area contributed by atoms with Crippen LogP contribution < -0.4 is 0 Å². The Morgan fingerprint density at radius 1 is 1.50 bits per heavy atom. The highest BCUT2D eigenvalue weighted by Gasteiger charge is 2.02. The van der Waals surface area contributed by atoms with Crippen LogP contribution in [0.3, 0.4) is 0 Å². The van der Waals surface area contributed by atoms with Crippen LogP contribution in [0.1, 0.15) is 23.3 Å². The molecule has 1 aromatic rings. The summed E-state index contributed by atoms with van der Waals surface area (Å²) < 4.78 is 0. The molecule has 0 aliphatic carbocycles. The maximum absolute atomic E-state index is 8.66. The van der Waals surface area contributed by atoms with Crippen LogP contribution in [0.25, 0.3) is 0 Å². The molecular formula is C10H11NS. The molecule has 0 saturated heterocycles. The highest BCUT2D eigenvalue weighted by molar-refractivity contribution is 7.98. The van der Waals surface area contributed by atoms with Gasteiger partial charge >= 0.3 is 0 Å². The third-order valence-electron chi connectivity index (χ3n) is 1.84. The second-order valence-electron chi connectivity index (χ2n) is 2.62. The van der Waals surface area contributed by atoms with Crippen LogP contribution in [0.15, 0.2) is 24.3 Å². The molecule has 62 valence electrons. The fraction of sp³-hybridized carbons (Fsp3) is 0.300. The van der Waals surface area contributed by atoms with Gasteiger partial charge in [0.05, 0.1) is 11.6 Å². The van der Waals surface area contributed by atoms with Crippen molar-refractivity contribution in [2.24, 2.45) is 0 Å². The van der Waals surface area contributed by atoms with E-state index in [2.05, 4.69) is 25.3 Å². The van der Waals surface area contributed by atoms with Gasteiger partial charge in [-0.25, -0.2) is 0 Å². The topological polar surface area (TPSA) is 23.8 Å². The molecule has 1 rings (SSSR count). The second-order valence-corrected chi connectivity index (χ2v) is 3.79. The number of nitriles is 1. The Kier molecular flexibility index (Phi) is 3.19. The molecule has 1 aromatic carbocycles. The molecule has 0 aliphatic heterocycles. The zero-order valence-electron chi connectivity index (χ0n) is 7.24. The van der Waals surface area contributed by atoms with Crippen LogP contribution in [0.2, 0.25) is 0 Å². The van der Waals surface area contributed by atoms with Crippen molar-refractivity contribution in [2.45, 2.75) is 12.2 Å². The van der Waals surface area contributed by atoms with Gasteiger partial charge in [0.1, 0.15) is 0 Å². The number of benzene rings is 1. The van der Waals surface area contributed by atoms with Crippen molar-refractivity contribution in [3.05, 3.63) is 35.4 Å². The normalized spacial score (nSPS) is 12.1. The van der Waals surface area contributed by atoms with Gasteiger partial charge in [-0.15, -0.1) is 0 Å². The minimum absolute atomic E-state index is 0.471. The van der Waals surface area contributed by atoms with E-state index < -0.39 is 0 Å². The van der Waals surface area contributed by atoms with Gasteiger partial charge in [0.15, 0.2) is 0 Å². The Balaban J connectivity index is 2.95. The van der Waals surface area contributed by atoms with E-state index in [9.17, 15) is 0 Å². The van der Waals surface area contributed by atoms with Crippen LogP contribution in [-0.4, -0.2) is 6.26 Å². The molecule has 0 heterocycles. The van der Waals surface area contributed by atoms with E-state index in [0.29, 0.717) is 5.25 Å². The van der Waals surface area contributed by atoms with Gasteiger partial charge < -0.3 is 0 Å². The molecule has 0 N–H and O–H groups in total. The molecule has 0 saturated carbocycles. The van der Waals surface area contributed by atoms with Gasteiger partial charge in [-0.1, -0.05) is 12.1 Å². The Labute approximate surface area is 77.4 Å². The van der Waals surface area contributed by atoms with Crippen molar-refractivity contribution in [1.82, 2.24) is 0 Å². The summed E-state index contributed by atoms with van der Waals surface area (Å²) in [5.41, 5.74) is 1.97. The minimum atomic E-state index is 0.471. The second kappa shape index (κ2) is 4.18. The highest BCUT2D eigenvalue weighted by atomic mass is 32.2. The Hall–Kier alpha value is -0.940. The lowest BCUT2D eigenvalue weighted by Gasteiger charge is -2.07. The minimum Gasteiger partial charge on any atom is -0.192 e. The standard InChI is InChI=1S/C10H11NS/c1-8(12-2)10-5-3-4-9(6-10)7-11/h3-6,8H,1-2H3. The third-order valence-corrected chi connectivity index (χ3v) is 2.82.